The standard InChI is InChI=1S/C43H50O12/c1-3-39(44)52-29-15-11-7-5-9-13-27-50-35-22-17-32(18-23-35)42(48)54-37-26-21-34(41(46)47)31-38(37)55-43(49)33-19-24-36(25-20-33)51-28-14-10-6-8-12-16-30-53-40(45)4-2/h3-4,17-26,31H,1-2,5-16,27-30H2,(H,46,47). The highest BCUT2D eigenvalue weighted by Gasteiger charge is 2.19. The second-order valence-corrected chi connectivity index (χ2v) is 12.5. The average molecular weight is 759 g/mol. The number of benzene rings is 3. The molecule has 3 aromatic rings. The van der Waals surface area contributed by atoms with Crippen molar-refractivity contribution in [1.29, 1.82) is 0 Å². The van der Waals surface area contributed by atoms with Gasteiger partial charge in [0.2, 0.25) is 0 Å². The van der Waals surface area contributed by atoms with Crippen LogP contribution in [-0.2, 0) is 19.1 Å². The van der Waals surface area contributed by atoms with Crippen molar-refractivity contribution in [1.82, 2.24) is 0 Å². The first-order valence-electron chi connectivity index (χ1n) is 18.6. The van der Waals surface area contributed by atoms with Crippen LogP contribution in [0.3, 0.4) is 0 Å². The lowest BCUT2D eigenvalue weighted by Gasteiger charge is -2.12. The van der Waals surface area contributed by atoms with E-state index in [4.69, 9.17) is 28.4 Å². The Hall–Kier alpha value is -5.91. The summed E-state index contributed by atoms with van der Waals surface area (Å²) in [5.41, 5.74) is 0.238. The normalized spacial score (nSPS) is 10.5. The van der Waals surface area contributed by atoms with Crippen molar-refractivity contribution in [2.75, 3.05) is 26.4 Å². The molecule has 0 fully saturated rings. The van der Waals surface area contributed by atoms with Crippen molar-refractivity contribution < 1.29 is 57.5 Å². The minimum absolute atomic E-state index is 0.127. The fraction of sp³-hybridized carbons (Fsp3) is 0.372. The third kappa shape index (κ3) is 17.2. The predicted octanol–water partition coefficient (Wildman–Crippen LogP) is 8.72. The lowest BCUT2D eigenvalue weighted by atomic mass is 10.1. The highest BCUT2D eigenvalue weighted by molar-refractivity contribution is 5.94. The number of carboxylic acids is 1. The number of unbranched alkanes of at least 4 members (excludes halogenated alkanes) is 10. The Kier molecular flexibility index (Phi) is 19.9. The number of carboxylic acid groups (broad SMARTS) is 1. The lowest BCUT2D eigenvalue weighted by molar-refractivity contribution is -0.138. The molecule has 3 rings (SSSR count). The molecule has 0 amide bonds. The molecule has 0 saturated carbocycles. The molecule has 1 N–H and O–H groups in total. The van der Waals surface area contributed by atoms with E-state index >= 15 is 0 Å². The van der Waals surface area contributed by atoms with Crippen LogP contribution in [0, 0.1) is 0 Å². The first-order valence-corrected chi connectivity index (χ1v) is 18.6. The average Bonchev–Trinajstić information content (AvgIpc) is 3.19. The van der Waals surface area contributed by atoms with E-state index in [-0.39, 0.29) is 28.2 Å². The van der Waals surface area contributed by atoms with Crippen LogP contribution >= 0.6 is 0 Å². The van der Waals surface area contributed by atoms with Gasteiger partial charge in [0, 0.05) is 12.2 Å². The number of esters is 4. The van der Waals surface area contributed by atoms with Crippen LogP contribution in [0.2, 0.25) is 0 Å². The summed E-state index contributed by atoms with van der Waals surface area (Å²) in [6.07, 6.45) is 13.8. The zero-order valence-electron chi connectivity index (χ0n) is 31.2. The zero-order valence-corrected chi connectivity index (χ0v) is 31.2. The fourth-order valence-electron chi connectivity index (χ4n) is 5.16. The second-order valence-electron chi connectivity index (χ2n) is 12.5. The highest BCUT2D eigenvalue weighted by atomic mass is 16.6. The van der Waals surface area contributed by atoms with E-state index in [0.717, 1.165) is 95.3 Å². The number of rotatable bonds is 27. The van der Waals surface area contributed by atoms with Gasteiger partial charge in [-0.05, 0) is 92.4 Å². The minimum atomic E-state index is -1.25. The van der Waals surface area contributed by atoms with Gasteiger partial charge >= 0.3 is 29.8 Å². The molecule has 0 aromatic heterocycles. The van der Waals surface area contributed by atoms with Crippen LogP contribution in [0.5, 0.6) is 23.0 Å². The first-order chi connectivity index (χ1) is 26.7. The Bertz CT molecular complexity index is 1700. The summed E-state index contributed by atoms with van der Waals surface area (Å²) in [6.45, 7) is 8.56. The number of aromatic carboxylic acids is 1. The molecule has 0 bridgehead atoms. The molecular formula is C43H50O12. The van der Waals surface area contributed by atoms with Crippen LogP contribution < -0.4 is 18.9 Å². The summed E-state index contributed by atoms with van der Waals surface area (Å²) in [5.74, 6) is -2.76. The van der Waals surface area contributed by atoms with Gasteiger partial charge in [-0.25, -0.2) is 24.0 Å². The molecule has 3 aromatic carbocycles. The van der Waals surface area contributed by atoms with E-state index in [9.17, 15) is 29.1 Å². The number of hydrogen-bond donors (Lipinski definition) is 1. The van der Waals surface area contributed by atoms with Crippen molar-refractivity contribution in [3.8, 4) is 23.0 Å². The number of hydrogen-bond acceptors (Lipinski definition) is 11. The number of carbonyl (C=O) groups is 5. The van der Waals surface area contributed by atoms with Crippen molar-refractivity contribution in [2.24, 2.45) is 0 Å². The third-order valence-electron chi connectivity index (χ3n) is 8.21. The van der Waals surface area contributed by atoms with Crippen molar-refractivity contribution in [3.05, 3.63) is 109 Å². The molecule has 12 nitrogen and oxygen atoms in total. The molecule has 0 aliphatic heterocycles. The SMILES string of the molecule is C=CC(=O)OCCCCCCCCOc1ccc(C(=O)Oc2ccc(C(=O)O)cc2OC(=O)c2ccc(OCCCCCCCCOC(=O)C=C)cc2)cc1. The number of carbonyl (C=O) groups excluding carboxylic acids is 4. The lowest BCUT2D eigenvalue weighted by Crippen LogP contribution is -2.13. The molecular weight excluding hydrogens is 708 g/mol. The molecule has 294 valence electrons. The molecule has 0 unspecified atom stereocenters. The smallest absolute Gasteiger partial charge is 0.343 e. The van der Waals surface area contributed by atoms with Crippen LogP contribution in [0.25, 0.3) is 0 Å². The molecule has 12 heteroatoms. The van der Waals surface area contributed by atoms with Gasteiger partial charge < -0.3 is 33.5 Å². The summed E-state index contributed by atoms with van der Waals surface area (Å²) in [4.78, 5) is 59.8. The van der Waals surface area contributed by atoms with Gasteiger partial charge in [-0.2, -0.15) is 0 Å². The fourth-order valence-corrected chi connectivity index (χ4v) is 5.16. The van der Waals surface area contributed by atoms with Gasteiger partial charge in [-0.3, -0.25) is 0 Å². The third-order valence-corrected chi connectivity index (χ3v) is 8.21. The van der Waals surface area contributed by atoms with Crippen molar-refractivity contribution >= 4 is 29.8 Å². The van der Waals surface area contributed by atoms with Gasteiger partial charge in [-0.1, -0.05) is 64.5 Å². The van der Waals surface area contributed by atoms with E-state index in [1.165, 1.54) is 24.3 Å². The Balaban J connectivity index is 1.42. The first kappa shape index (κ1) is 43.5. The van der Waals surface area contributed by atoms with Gasteiger partial charge in [0.05, 0.1) is 43.1 Å². The van der Waals surface area contributed by atoms with Crippen LogP contribution in [0.4, 0.5) is 0 Å². The Morgan fingerprint density at radius 2 is 0.836 bits per heavy atom. The molecule has 0 radical (unpaired) electrons. The number of ether oxygens (including phenoxy) is 6. The summed E-state index contributed by atoms with van der Waals surface area (Å²) in [6, 6.07) is 16.4. The Morgan fingerprint density at radius 1 is 0.473 bits per heavy atom. The molecule has 55 heavy (non-hydrogen) atoms. The van der Waals surface area contributed by atoms with Gasteiger partial charge in [0.1, 0.15) is 11.5 Å². The molecule has 0 aliphatic carbocycles. The summed E-state index contributed by atoms with van der Waals surface area (Å²) >= 11 is 0. The zero-order chi connectivity index (χ0) is 39.7. The highest BCUT2D eigenvalue weighted by Crippen LogP contribution is 2.31. The quantitative estimate of drug-likeness (QED) is 0.0341. The van der Waals surface area contributed by atoms with Crippen molar-refractivity contribution in [2.45, 2.75) is 77.0 Å². The van der Waals surface area contributed by atoms with Crippen LogP contribution in [0.1, 0.15) is 108 Å². The van der Waals surface area contributed by atoms with E-state index in [2.05, 4.69) is 13.2 Å². The Morgan fingerprint density at radius 3 is 1.24 bits per heavy atom. The van der Waals surface area contributed by atoms with E-state index in [0.29, 0.717) is 37.9 Å². The summed E-state index contributed by atoms with van der Waals surface area (Å²) in [7, 11) is 0. The maximum absolute atomic E-state index is 13.0. The maximum atomic E-state index is 13.0. The van der Waals surface area contributed by atoms with Crippen molar-refractivity contribution in [3.63, 3.8) is 0 Å². The molecule has 0 aliphatic rings. The summed E-state index contributed by atoms with van der Waals surface area (Å²) in [5, 5.41) is 9.51. The molecule has 0 spiro atoms. The van der Waals surface area contributed by atoms with Gasteiger partial charge in [0.25, 0.3) is 0 Å². The molecule has 0 atom stereocenters. The predicted molar refractivity (Wildman–Crippen MR) is 205 cm³/mol. The maximum Gasteiger partial charge on any atom is 0.343 e. The van der Waals surface area contributed by atoms with Crippen LogP contribution in [-0.4, -0.2) is 61.4 Å². The molecule has 0 heterocycles. The Labute approximate surface area is 322 Å². The molecule has 0 saturated heterocycles. The largest absolute Gasteiger partial charge is 0.494 e. The monoisotopic (exact) mass is 758 g/mol. The van der Waals surface area contributed by atoms with E-state index < -0.39 is 29.8 Å². The van der Waals surface area contributed by atoms with E-state index in [1.54, 1.807) is 36.4 Å². The van der Waals surface area contributed by atoms with Crippen LogP contribution in [0.15, 0.2) is 92.0 Å². The van der Waals surface area contributed by atoms with Gasteiger partial charge in [-0.15, -0.1) is 0 Å². The topological polar surface area (TPSA) is 161 Å². The minimum Gasteiger partial charge on any atom is -0.494 e. The van der Waals surface area contributed by atoms with Gasteiger partial charge in [0.15, 0.2) is 11.5 Å². The summed E-state index contributed by atoms with van der Waals surface area (Å²) < 4.78 is 32.5. The van der Waals surface area contributed by atoms with E-state index in [1.807, 2.05) is 0 Å². The second kappa shape index (κ2) is 25.2.